The van der Waals surface area contributed by atoms with Crippen LogP contribution in [0.4, 0.5) is 0 Å². The van der Waals surface area contributed by atoms with Crippen molar-refractivity contribution in [1.29, 1.82) is 0 Å². The Kier molecular flexibility index (Phi) is 137. The number of benzene rings is 1. The predicted octanol–water partition coefficient (Wildman–Crippen LogP) is 13.2. The Labute approximate surface area is 585 Å². The molecular formula is C73H158O22. The van der Waals surface area contributed by atoms with Gasteiger partial charge >= 0.3 is 0 Å². The molecule has 0 aliphatic heterocycles. The van der Waals surface area contributed by atoms with Crippen molar-refractivity contribution in [1.82, 2.24) is 0 Å². The lowest BCUT2D eigenvalue weighted by molar-refractivity contribution is 0.0441. The van der Waals surface area contributed by atoms with Crippen molar-refractivity contribution in [2.45, 2.75) is 177 Å². The Bertz CT molecular complexity index is 1220. The highest BCUT2D eigenvalue weighted by molar-refractivity contribution is 5.13. The monoisotopic (exact) mass is 1390 g/mol. The van der Waals surface area contributed by atoms with E-state index in [9.17, 15) is 0 Å². The van der Waals surface area contributed by atoms with E-state index in [1.54, 1.807) is 99.5 Å². The van der Waals surface area contributed by atoms with Gasteiger partial charge in [-0.05, 0) is 145 Å². The van der Waals surface area contributed by atoms with Crippen molar-refractivity contribution >= 4 is 0 Å². The van der Waals surface area contributed by atoms with Crippen molar-refractivity contribution in [3.8, 4) is 0 Å². The topological polar surface area (TPSA) is 203 Å². The highest BCUT2D eigenvalue weighted by atomic mass is 16.5. The second kappa shape index (κ2) is 116. The Morgan fingerprint density at radius 1 is 0.253 bits per heavy atom. The smallest absolute Gasteiger partial charge is 0.0716 e. The molecule has 0 saturated carbocycles. The van der Waals surface area contributed by atoms with Gasteiger partial charge in [-0.2, -0.15) is 0 Å². The van der Waals surface area contributed by atoms with Crippen molar-refractivity contribution in [3.05, 3.63) is 35.9 Å². The van der Waals surface area contributed by atoms with Crippen LogP contribution >= 0.6 is 0 Å². The molecule has 5 atom stereocenters. The molecule has 22 nitrogen and oxygen atoms in total. The summed E-state index contributed by atoms with van der Waals surface area (Å²) in [5.74, 6) is 0.523. The number of rotatable bonds is 56. The molecule has 0 radical (unpaired) electrons. The zero-order valence-corrected chi connectivity index (χ0v) is 66.1. The van der Waals surface area contributed by atoms with Crippen molar-refractivity contribution in [2.24, 2.45) is 5.92 Å². The Balaban J connectivity index is -0.000000124. The van der Waals surface area contributed by atoms with Crippen molar-refractivity contribution < 1.29 is 104 Å². The molecule has 22 heteroatoms. The molecule has 582 valence electrons. The predicted molar refractivity (Wildman–Crippen MR) is 389 cm³/mol. The number of unbranched alkanes of at least 4 members (excludes halogenated alkanes) is 3. The van der Waals surface area contributed by atoms with Crippen molar-refractivity contribution in [2.75, 3.05) is 265 Å². The maximum atomic E-state index is 5.51. The fourth-order valence-corrected chi connectivity index (χ4v) is 6.14. The van der Waals surface area contributed by atoms with Crippen LogP contribution in [-0.4, -0.2) is 289 Å². The van der Waals surface area contributed by atoms with E-state index in [0.717, 1.165) is 216 Å². The van der Waals surface area contributed by atoms with Gasteiger partial charge in [-0.25, -0.2) is 0 Å². The molecule has 1 rings (SSSR count). The third-order valence-electron chi connectivity index (χ3n) is 12.1. The first kappa shape index (κ1) is 112. The lowest BCUT2D eigenvalue weighted by atomic mass is 10.2. The molecule has 0 saturated heterocycles. The van der Waals surface area contributed by atoms with Crippen LogP contribution in [0, 0.1) is 5.92 Å². The summed E-state index contributed by atoms with van der Waals surface area (Å²) in [4.78, 5) is 0. The first-order chi connectivity index (χ1) is 46.1. The molecule has 0 fully saturated rings. The van der Waals surface area contributed by atoms with Crippen LogP contribution < -0.4 is 0 Å². The van der Waals surface area contributed by atoms with Crippen molar-refractivity contribution in [3.63, 3.8) is 0 Å². The highest BCUT2D eigenvalue weighted by Gasteiger charge is 2.01. The molecule has 0 spiro atoms. The van der Waals surface area contributed by atoms with Gasteiger partial charge in [0.2, 0.25) is 0 Å². The average Bonchev–Trinajstić information content (AvgIpc) is 3.59. The van der Waals surface area contributed by atoms with E-state index in [1.165, 1.54) is 5.56 Å². The summed E-state index contributed by atoms with van der Waals surface area (Å²) in [7, 11) is 23.9. The largest absolute Gasteiger partial charge is 0.385 e. The van der Waals surface area contributed by atoms with Gasteiger partial charge in [-0.3, -0.25) is 0 Å². The SMILES string of the molecule is CCOC(C)CCOC.CCOCC(C)COC.CCOCCC(C)OC.CCOCCCCOC.CCOCCOCCCOC.COCCC(C)OC.COCCC(C)OC.COCCCCOC.COCCCCOCc1ccccc1.COCCCOCCOC. The van der Waals surface area contributed by atoms with Gasteiger partial charge in [0.1, 0.15) is 0 Å². The molecule has 1 aromatic carbocycles. The Morgan fingerprint density at radius 2 is 0.558 bits per heavy atom. The van der Waals surface area contributed by atoms with Gasteiger partial charge < -0.3 is 104 Å². The summed E-state index contributed by atoms with van der Waals surface area (Å²) in [6.07, 6.45) is 13.8. The number of hydrogen-bond donors (Lipinski definition) is 0. The molecule has 0 aliphatic rings. The number of hydrogen-bond acceptors (Lipinski definition) is 22. The van der Waals surface area contributed by atoms with E-state index in [0.29, 0.717) is 63.4 Å². The summed E-state index contributed by atoms with van der Waals surface area (Å²) < 4.78 is 110. The molecule has 0 N–H and O–H groups in total. The van der Waals surface area contributed by atoms with E-state index in [2.05, 4.69) is 26.0 Å². The second-order valence-corrected chi connectivity index (χ2v) is 20.9. The molecular weight excluding hydrogens is 1230 g/mol. The van der Waals surface area contributed by atoms with Gasteiger partial charge in [-0.1, -0.05) is 37.3 Å². The van der Waals surface area contributed by atoms with E-state index in [-0.39, 0.29) is 0 Å². The molecule has 0 heterocycles. The number of methoxy groups -OCH3 is 14. The third-order valence-corrected chi connectivity index (χ3v) is 12.1. The molecule has 0 aromatic heterocycles. The molecule has 95 heavy (non-hydrogen) atoms. The summed E-state index contributed by atoms with van der Waals surface area (Å²) in [6.45, 7) is 40.6. The maximum absolute atomic E-state index is 5.51. The van der Waals surface area contributed by atoms with Crippen LogP contribution in [0.25, 0.3) is 0 Å². The van der Waals surface area contributed by atoms with Crippen LogP contribution in [-0.2, 0) is 111 Å². The summed E-state index contributed by atoms with van der Waals surface area (Å²) in [5.41, 5.74) is 1.24. The van der Waals surface area contributed by atoms with E-state index < -0.39 is 0 Å². The van der Waals surface area contributed by atoms with Gasteiger partial charge in [0.15, 0.2) is 0 Å². The lowest BCUT2D eigenvalue weighted by Crippen LogP contribution is -2.11. The van der Waals surface area contributed by atoms with Crippen LogP contribution in [0.1, 0.15) is 152 Å². The van der Waals surface area contributed by atoms with Gasteiger partial charge in [0.05, 0.1) is 70.7 Å². The molecule has 1 aromatic rings. The van der Waals surface area contributed by atoms with Gasteiger partial charge in [0, 0.05) is 231 Å². The summed E-state index contributed by atoms with van der Waals surface area (Å²) in [5, 5.41) is 0. The third kappa shape index (κ3) is 140. The minimum absolute atomic E-state index is 0.329. The Hall–Kier alpha value is -1.66. The normalized spacial score (nSPS) is 11.8. The molecule has 5 unspecified atom stereocenters. The van der Waals surface area contributed by atoms with Gasteiger partial charge in [0.25, 0.3) is 0 Å². The van der Waals surface area contributed by atoms with Crippen LogP contribution in [0.3, 0.4) is 0 Å². The lowest BCUT2D eigenvalue weighted by Gasteiger charge is -2.09. The fraction of sp³-hybridized carbons (Fsp3) is 0.918. The number of ether oxygens (including phenoxy) is 22. The van der Waals surface area contributed by atoms with Crippen LogP contribution in [0.5, 0.6) is 0 Å². The zero-order chi connectivity index (χ0) is 73.4. The zero-order valence-electron chi connectivity index (χ0n) is 66.1. The van der Waals surface area contributed by atoms with Crippen LogP contribution in [0.15, 0.2) is 30.3 Å². The molecule has 0 amide bonds. The van der Waals surface area contributed by atoms with E-state index >= 15 is 0 Å². The minimum atomic E-state index is 0.329. The van der Waals surface area contributed by atoms with E-state index in [1.807, 2.05) is 73.6 Å². The maximum Gasteiger partial charge on any atom is 0.0716 e. The first-order valence-electron chi connectivity index (χ1n) is 34.8. The minimum Gasteiger partial charge on any atom is -0.385 e. The standard InChI is InChI=1S/C12H18O2.C8H18O3.C7H16O3.4C7H16O2.3C6H14O2/c1-13-9-5-6-10-14-11-12-7-3-2-4-8-12;1-3-10-7-8-11-6-4-5-9-2;1-8-4-3-5-10-7-6-9-2;1-4-9-6-7(2)5-8-3;1-4-9-6-5-7(2)8-3;1-4-9-7(2)5-6-8-3;1-3-9-7-5-4-6-8-2;2*1-6(8-3)4-5-7-2;1-7-5-3-4-6-8-2/h2-4,7-8H,5-6,9-11H2,1H3;3-8H2,1-2H3;3-7H2,1-2H3;3*7H,4-6H2,1-3H3;3-7H2,1-2H3;2*6H,4-5H2,1-3H3;3-6H2,1-2H3. The molecule has 0 bridgehead atoms. The average molecular weight is 1390 g/mol. The first-order valence-corrected chi connectivity index (χ1v) is 34.8. The van der Waals surface area contributed by atoms with Crippen LogP contribution in [0.2, 0.25) is 0 Å². The molecule has 0 aliphatic carbocycles. The quantitative estimate of drug-likeness (QED) is 0.0556. The van der Waals surface area contributed by atoms with E-state index in [4.69, 9.17) is 104 Å². The second-order valence-electron chi connectivity index (χ2n) is 20.9. The Morgan fingerprint density at radius 3 is 0.916 bits per heavy atom. The highest BCUT2D eigenvalue weighted by Crippen LogP contribution is 2.02. The summed E-state index contributed by atoms with van der Waals surface area (Å²) >= 11 is 0. The van der Waals surface area contributed by atoms with Gasteiger partial charge in [-0.15, -0.1) is 0 Å². The fourth-order valence-electron chi connectivity index (χ4n) is 6.14. The summed E-state index contributed by atoms with van der Waals surface area (Å²) in [6, 6.07) is 10.2.